The minimum atomic E-state index is -0.209. The van der Waals surface area contributed by atoms with Crippen molar-refractivity contribution in [3.8, 4) is 0 Å². The average molecular weight is 230 g/mol. The molecule has 0 bridgehead atoms. The molecule has 90 valence electrons. The van der Waals surface area contributed by atoms with Gasteiger partial charge in [0.05, 0.1) is 23.2 Å². The molecule has 0 radical (unpaired) electrons. The fourth-order valence-corrected chi connectivity index (χ4v) is 2.95. The van der Waals surface area contributed by atoms with Crippen molar-refractivity contribution in [2.75, 3.05) is 0 Å². The molecule has 0 spiro atoms. The summed E-state index contributed by atoms with van der Waals surface area (Å²) in [6, 6.07) is 4.31. The SMILES string of the molecule is Cc1ccnc2ccn([C@H]3CCCC[C@@H]3O)c12. The number of aryl methyl sites for hydroxylation is 1. The summed E-state index contributed by atoms with van der Waals surface area (Å²) in [6.45, 7) is 2.11. The lowest BCUT2D eigenvalue weighted by molar-refractivity contribution is 0.0775. The first-order chi connectivity index (χ1) is 8.27. The highest BCUT2D eigenvalue weighted by atomic mass is 16.3. The fourth-order valence-electron chi connectivity index (χ4n) is 2.95. The lowest BCUT2D eigenvalue weighted by atomic mass is 9.92. The van der Waals surface area contributed by atoms with Gasteiger partial charge >= 0.3 is 0 Å². The molecule has 0 aliphatic heterocycles. The smallest absolute Gasteiger partial charge is 0.0883 e. The Labute approximate surface area is 101 Å². The van der Waals surface area contributed by atoms with E-state index in [4.69, 9.17) is 0 Å². The quantitative estimate of drug-likeness (QED) is 0.818. The van der Waals surface area contributed by atoms with Crippen LogP contribution in [0.1, 0.15) is 37.3 Å². The standard InChI is InChI=1S/C14H18N2O/c1-10-6-8-15-11-7-9-16(14(10)11)12-4-2-3-5-13(12)17/h6-9,12-13,17H,2-5H2,1H3/t12-,13-/m0/s1. The number of hydrogen-bond donors (Lipinski definition) is 1. The normalized spacial score (nSPS) is 25.3. The van der Waals surface area contributed by atoms with Crippen LogP contribution in [0.4, 0.5) is 0 Å². The summed E-state index contributed by atoms with van der Waals surface area (Å²) in [5.41, 5.74) is 3.44. The first-order valence-corrected chi connectivity index (χ1v) is 6.37. The topological polar surface area (TPSA) is 38.0 Å². The summed E-state index contributed by atoms with van der Waals surface area (Å²) in [5, 5.41) is 10.1. The average Bonchev–Trinajstić information content (AvgIpc) is 2.75. The summed E-state index contributed by atoms with van der Waals surface area (Å²) in [6.07, 6.45) is 8.06. The third kappa shape index (κ3) is 1.75. The molecule has 1 N–H and O–H groups in total. The summed E-state index contributed by atoms with van der Waals surface area (Å²) in [5.74, 6) is 0. The minimum absolute atomic E-state index is 0.209. The van der Waals surface area contributed by atoms with Gasteiger partial charge < -0.3 is 9.67 Å². The largest absolute Gasteiger partial charge is 0.391 e. The van der Waals surface area contributed by atoms with Crippen LogP contribution in [0.3, 0.4) is 0 Å². The monoisotopic (exact) mass is 230 g/mol. The van der Waals surface area contributed by atoms with Gasteiger partial charge in [0, 0.05) is 12.4 Å². The predicted octanol–water partition coefficient (Wildman–Crippen LogP) is 2.82. The van der Waals surface area contributed by atoms with Crippen molar-refractivity contribution in [3.63, 3.8) is 0 Å². The number of pyridine rings is 1. The molecule has 1 aliphatic carbocycles. The Balaban J connectivity index is 2.10. The van der Waals surface area contributed by atoms with E-state index in [-0.39, 0.29) is 12.1 Å². The minimum Gasteiger partial charge on any atom is -0.391 e. The van der Waals surface area contributed by atoms with Gasteiger partial charge in [0.1, 0.15) is 0 Å². The molecule has 0 amide bonds. The summed E-state index contributed by atoms with van der Waals surface area (Å²) >= 11 is 0. The van der Waals surface area contributed by atoms with Crippen molar-refractivity contribution in [2.24, 2.45) is 0 Å². The molecule has 2 aromatic rings. The van der Waals surface area contributed by atoms with E-state index in [1.165, 1.54) is 17.5 Å². The second-order valence-corrected chi connectivity index (χ2v) is 5.00. The summed E-state index contributed by atoms with van der Waals surface area (Å²) in [7, 11) is 0. The van der Waals surface area contributed by atoms with Crippen LogP contribution in [0.15, 0.2) is 24.5 Å². The molecule has 2 heterocycles. The summed E-state index contributed by atoms with van der Waals surface area (Å²) < 4.78 is 2.22. The van der Waals surface area contributed by atoms with Crippen molar-refractivity contribution < 1.29 is 5.11 Å². The van der Waals surface area contributed by atoms with Crippen molar-refractivity contribution >= 4 is 11.0 Å². The van der Waals surface area contributed by atoms with E-state index in [1.807, 2.05) is 18.3 Å². The molecule has 3 nitrogen and oxygen atoms in total. The van der Waals surface area contributed by atoms with E-state index in [9.17, 15) is 5.11 Å². The Kier molecular flexibility index (Phi) is 2.63. The maximum absolute atomic E-state index is 10.1. The van der Waals surface area contributed by atoms with Gasteiger partial charge in [0.15, 0.2) is 0 Å². The second kappa shape index (κ2) is 4.15. The van der Waals surface area contributed by atoms with Crippen molar-refractivity contribution in [1.29, 1.82) is 0 Å². The van der Waals surface area contributed by atoms with Crippen LogP contribution in [0.5, 0.6) is 0 Å². The number of aromatic nitrogens is 2. The van der Waals surface area contributed by atoms with E-state index in [0.29, 0.717) is 0 Å². The van der Waals surface area contributed by atoms with Gasteiger partial charge in [-0.2, -0.15) is 0 Å². The number of nitrogens with zero attached hydrogens (tertiary/aromatic N) is 2. The number of rotatable bonds is 1. The van der Waals surface area contributed by atoms with E-state index in [1.54, 1.807) is 0 Å². The molecule has 3 heteroatoms. The van der Waals surface area contributed by atoms with Crippen LogP contribution >= 0.6 is 0 Å². The van der Waals surface area contributed by atoms with Crippen LogP contribution in [0.25, 0.3) is 11.0 Å². The van der Waals surface area contributed by atoms with E-state index >= 15 is 0 Å². The number of aliphatic hydroxyl groups excluding tert-OH is 1. The van der Waals surface area contributed by atoms with Gasteiger partial charge in [0.25, 0.3) is 0 Å². The van der Waals surface area contributed by atoms with Gasteiger partial charge in [0.2, 0.25) is 0 Å². The number of aliphatic hydroxyl groups is 1. The summed E-state index contributed by atoms with van der Waals surface area (Å²) in [4.78, 5) is 4.38. The Morgan fingerprint density at radius 1 is 1.29 bits per heavy atom. The first-order valence-electron chi connectivity index (χ1n) is 6.37. The zero-order valence-electron chi connectivity index (χ0n) is 10.1. The highest BCUT2D eigenvalue weighted by Gasteiger charge is 2.25. The first kappa shape index (κ1) is 10.8. The van der Waals surface area contributed by atoms with Gasteiger partial charge in [-0.25, -0.2) is 0 Å². The lowest BCUT2D eigenvalue weighted by Crippen LogP contribution is -2.27. The Hall–Kier alpha value is -1.35. The second-order valence-electron chi connectivity index (χ2n) is 5.00. The number of hydrogen-bond acceptors (Lipinski definition) is 2. The van der Waals surface area contributed by atoms with Gasteiger partial charge in [-0.3, -0.25) is 4.98 Å². The molecule has 1 saturated carbocycles. The molecular weight excluding hydrogens is 212 g/mol. The van der Waals surface area contributed by atoms with Gasteiger partial charge in [-0.15, -0.1) is 0 Å². The van der Waals surface area contributed by atoms with Crippen molar-refractivity contribution in [2.45, 2.75) is 44.8 Å². The molecule has 0 unspecified atom stereocenters. The highest BCUT2D eigenvalue weighted by Crippen LogP contribution is 2.32. The van der Waals surface area contributed by atoms with Crippen molar-refractivity contribution in [3.05, 3.63) is 30.1 Å². The molecule has 1 aliphatic rings. The van der Waals surface area contributed by atoms with Crippen LogP contribution in [0.2, 0.25) is 0 Å². The molecule has 0 aromatic carbocycles. The van der Waals surface area contributed by atoms with Crippen LogP contribution in [-0.4, -0.2) is 20.8 Å². The third-order valence-electron chi connectivity index (χ3n) is 3.86. The molecule has 0 saturated heterocycles. The molecule has 1 fully saturated rings. The zero-order valence-corrected chi connectivity index (χ0v) is 10.1. The van der Waals surface area contributed by atoms with Gasteiger partial charge in [-0.1, -0.05) is 12.8 Å². The Morgan fingerprint density at radius 2 is 2.12 bits per heavy atom. The Bertz CT molecular complexity index is 532. The fraction of sp³-hybridized carbons (Fsp3) is 0.500. The lowest BCUT2D eigenvalue weighted by Gasteiger charge is -2.29. The van der Waals surface area contributed by atoms with Crippen LogP contribution in [0, 0.1) is 6.92 Å². The molecule has 2 atom stereocenters. The van der Waals surface area contributed by atoms with E-state index in [2.05, 4.69) is 22.7 Å². The van der Waals surface area contributed by atoms with E-state index in [0.717, 1.165) is 24.8 Å². The maximum atomic E-state index is 10.1. The third-order valence-corrected chi connectivity index (χ3v) is 3.86. The highest BCUT2D eigenvalue weighted by molar-refractivity contribution is 5.79. The molecular formula is C14H18N2O. The maximum Gasteiger partial charge on any atom is 0.0883 e. The Morgan fingerprint density at radius 3 is 2.94 bits per heavy atom. The van der Waals surface area contributed by atoms with E-state index < -0.39 is 0 Å². The van der Waals surface area contributed by atoms with Crippen molar-refractivity contribution in [1.82, 2.24) is 9.55 Å². The molecule has 2 aromatic heterocycles. The van der Waals surface area contributed by atoms with Crippen LogP contribution < -0.4 is 0 Å². The molecule has 3 rings (SSSR count). The molecule has 17 heavy (non-hydrogen) atoms. The van der Waals surface area contributed by atoms with Gasteiger partial charge in [-0.05, 0) is 37.5 Å². The zero-order chi connectivity index (χ0) is 11.8. The predicted molar refractivity (Wildman–Crippen MR) is 68.0 cm³/mol. The van der Waals surface area contributed by atoms with Crippen LogP contribution in [-0.2, 0) is 0 Å². The number of fused-ring (bicyclic) bond motifs is 1.